The van der Waals surface area contributed by atoms with Crippen LogP contribution in [0.25, 0.3) is 20.8 Å². The van der Waals surface area contributed by atoms with Gasteiger partial charge in [-0.3, -0.25) is 4.79 Å². The number of carbonyl (C=O) groups is 1. The van der Waals surface area contributed by atoms with E-state index in [0.717, 1.165) is 32.0 Å². The molecule has 0 aliphatic heterocycles. The average Bonchev–Trinajstić information content (AvgIpc) is 2.85. The second-order valence-corrected chi connectivity index (χ2v) is 6.18. The molecule has 1 aromatic heterocycles. The van der Waals surface area contributed by atoms with E-state index in [2.05, 4.69) is 29.4 Å². The first-order valence-electron chi connectivity index (χ1n) is 6.79. The van der Waals surface area contributed by atoms with Crippen molar-refractivity contribution in [2.45, 2.75) is 20.8 Å². The van der Waals surface area contributed by atoms with Gasteiger partial charge in [-0.05, 0) is 49.2 Å². The molecule has 3 rings (SSSR count). The van der Waals surface area contributed by atoms with Gasteiger partial charge in [0.15, 0.2) is 0 Å². The van der Waals surface area contributed by atoms with E-state index in [1.165, 1.54) is 12.5 Å². The van der Waals surface area contributed by atoms with Gasteiger partial charge < -0.3 is 5.32 Å². The fourth-order valence-corrected chi connectivity index (χ4v) is 3.27. The maximum absolute atomic E-state index is 11.4. The van der Waals surface area contributed by atoms with Crippen LogP contribution >= 0.6 is 11.3 Å². The van der Waals surface area contributed by atoms with Crippen LogP contribution in [0.15, 0.2) is 36.4 Å². The van der Waals surface area contributed by atoms with E-state index in [-0.39, 0.29) is 5.91 Å². The standard InChI is InChI=1S/C17H16N2OS/c1-10-8-13(15(9-11(10)2)18-12(3)20)17-19-14-6-4-5-7-16(14)21-17/h4-9H,1-3H3,(H,18,20). The molecule has 106 valence electrons. The van der Waals surface area contributed by atoms with Gasteiger partial charge in [0, 0.05) is 12.5 Å². The van der Waals surface area contributed by atoms with Gasteiger partial charge >= 0.3 is 0 Å². The zero-order chi connectivity index (χ0) is 15.0. The SMILES string of the molecule is CC(=O)Nc1cc(C)c(C)cc1-c1nc2ccccc2s1. The van der Waals surface area contributed by atoms with Crippen molar-refractivity contribution in [1.82, 2.24) is 4.98 Å². The summed E-state index contributed by atoms with van der Waals surface area (Å²) in [4.78, 5) is 16.1. The van der Waals surface area contributed by atoms with E-state index >= 15 is 0 Å². The third-order valence-corrected chi connectivity index (χ3v) is 4.54. The van der Waals surface area contributed by atoms with Crippen molar-refractivity contribution in [3.63, 3.8) is 0 Å². The number of aromatic nitrogens is 1. The van der Waals surface area contributed by atoms with E-state index < -0.39 is 0 Å². The number of hydrogen-bond donors (Lipinski definition) is 1. The Labute approximate surface area is 127 Å². The molecule has 3 nitrogen and oxygen atoms in total. The topological polar surface area (TPSA) is 42.0 Å². The van der Waals surface area contributed by atoms with Crippen LogP contribution in [0, 0.1) is 13.8 Å². The molecule has 1 amide bonds. The number of nitrogens with one attached hydrogen (secondary N) is 1. The molecule has 2 aromatic carbocycles. The third-order valence-electron chi connectivity index (χ3n) is 3.47. The second kappa shape index (κ2) is 5.30. The van der Waals surface area contributed by atoms with Crippen molar-refractivity contribution >= 4 is 33.1 Å². The van der Waals surface area contributed by atoms with Crippen LogP contribution < -0.4 is 5.32 Å². The fourth-order valence-electron chi connectivity index (χ4n) is 2.27. The van der Waals surface area contributed by atoms with Gasteiger partial charge in [0.1, 0.15) is 5.01 Å². The van der Waals surface area contributed by atoms with Gasteiger partial charge in [0.25, 0.3) is 0 Å². The molecule has 4 heteroatoms. The first-order chi connectivity index (χ1) is 10.0. The molecule has 0 spiro atoms. The molecule has 0 fully saturated rings. The Morgan fingerprint density at radius 3 is 2.57 bits per heavy atom. The number of hydrogen-bond acceptors (Lipinski definition) is 3. The number of aryl methyl sites for hydroxylation is 2. The summed E-state index contributed by atoms with van der Waals surface area (Å²) >= 11 is 1.64. The zero-order valence-corrected chi connectivity index (χ0v) is 13.0. The number of para-hydroxylation sites is 1. The lowest BCUT2D eigenvalue weighted by Crippen LogP contribution is -2.07. The quantitative estimate of drug-likeness (QED) is 0.754. The molecule has 1 N–H and O–H groups in total. The number of fused-ring (bicyclic) bond motifs is 1. The van der Waals surface area contributed by atoms with Crippen molar-refractivity contribution in [2.24, 2.45) is 0 Å². The van der Waals surface area contributed by atoms with Gasteiger partial charge in [-0.15, -0.1) is 11.3 Å². The lowest BCUT2D eigenvalue weighted by molar-refractivity contribution is -0.114. The summed E-state index contributed by atoms with van der Waals surface area (Å²) in [6.45, 7) is 5.64. The van der Waals surface area contributed by atoms with Gasteiger partial charge in [0.2, 0.25) is 5.91 Å². The first-order valence-corrected chi connectivity index (χ1v) is 7.61. The van der Waals surface area contributed by atoms with E-state index in [1.807, 2.05) is 31.2 Å². The normalized spacial score (nSPS) is 10.8. The summed E-state index contributed by atoms with van der Waals surface area (Å²) in [7, 11) is 0. The summed E-state index contributed by atoms with van der Waals surface area (Å²) in [5.74, 6) is -0.0689. The highest BCUT2D eigenvalue weighted by molar-refractivity contribution is 7.21. The Hall–Kier alpha value is -2.20. The molecule has 0 aliphatic rings. The Balaban J connectivity index is 2.19. The highest BCUT2D eigenvalue weighted by Gasteiger charge is 2.13. The molecule has 3 aromatic rings. The lowest BCUT2D eigenvalue weighted by Gasteiger charge is -2.11. The molecule has 21 heavy (non-hydrogen) atoms. The number of anilines is 1. The van der Waals surface area contributed by atoms with Crippen molar-refractivity contribution in [1.29, 1.82) is 0 Å². The molecular formula is C17H16N2OS. The van der Waals surface area contributed by atoms with Crippen molar-refractivity contribution < 1.29 is 4.79 Å². The number of benzene rings is 2. The Morgan fingerprint density at radius 1 is 1.14 bits per heavy atom. The summed E-state index contributed by atoms with van der Waals surface area (Å²) in [6.07, 6.45) is 0. The summed E-state index contributed by atoms with van der Waals surface area (Å²) in [5.41, 5.74) is 5.14. The molecule has 0 atom stereocenters. The predicted octanol–water partition coefficient (Wildman–Crippen LogP) is 4.54. The van der Waals surface area contributed by atoms with Crippen LogP contribution in [0.4, 0.5) is 5.69 Å². The number of thiazole rings is 1. The van der Waals surface area contributed by atoms with Crippen LogP contribution in [0.2, 0.25) is 0 Å². The van der Waals surface area contributed by atoms with E-state index in [9.17, 15) is 4.79 Å². The smallest absolute Gasteiger partial charge is 0.221 e. The summed E-state index contributed by atoms with van der Waals surface area (Å²) in [6, 6.07) is 12.2. The first kappa shape index (κ1) is 13.8. The number of carbonyl (C=O) groups excluding carboxylic acids is 1. The van der Waals surface area contributed by atoms with Gasteiger partial charge in [0.05, 0.1) is 15.9 Å². The Kier molecular flexibility index (Phi) is 3.47. The maximum Gasteiger partial charge on any atom is 0.221 e. The minimum Gasteiger partial charge on any atom is -0.326 e. The maximum atomic E-state index is 11.4. The second-order valence-electron chi connectivity index (χ2n) is 5.15. The fraction of sp³-hybridized carbons (Fsp3) is 0.176. The number of amides is 1. The Bertz CT molecular complexity index is 803. The van der Waals surface area contributed by atoms with Crippen LogP contribution in [0.5, 0.6) is 0 Å². The van der Waals surface area contributed by atoms with Crippen molar-refractivity contribution in [3.8, 4) is 10.6 Å². The average molecular weight is 296 g/mol. The minimum absolute atomic E-state index is 0.0689. The van der Waals surface area contributed by atoms with Gasteiger partial charge in [-0.2, -0.15) is 0 Å². The molecule has 0 aliphatic carbocycles. The third kappa shape index (κ3) is 2.67. The van der Waals surface area contributed by atoms with Crippen LogP contribution in [0.3, 0.4) is 0 Å². The molecule has 0 saturated carbocycles. The highest BCUT2D eigenvalue weighted by atomic mass is 32.1. The lowest BCUT2D eigenvalue weighted by atomic mass is 10.0. The highest BCUT2D eigenvalue weighted by Crippen LogP contribution is 2.36. The van der Waals surface area contributed by atoms with E-state index in [1.54, 1.807) is 11.3 Å². The van der Waals surface area contributed by atoms with Crippen LogP contribution in [-0.2, 0) is 4.79 Å². The van der Waals surface area contributed by atoms with Crippen molar-refractivity contribution in [3.05, 3.63) is 47.5 Å². The van der Waals surface area contributed by atoms with Gasteiger partial charge in [-0.25, -0.2) is 4.98 Å². The van der Waals surface area contributed by atoms with Crippen LogP contribution in [-0.4, -0.2) is 10.9 Å². The molecule has 0 saturated heterocycles. The van der Waals surface area contributed by atoms with E-state index in [4.69, 9.17) is 0 Å². The largest absolute Gasteiger partial charge is 0.326 e. The number of rotatable bonds is 2. The molecule has 0 unspecified atom stereocenters. The monoisotopic (exact) mass is 296 g/mol. The molecule has 1 heterocycles. The number of nitrogens with zero attached hydrogens (tertiary/aromatic N) is 1. The van der Waals surface area contributed by atoms with Crippen LogP contribution in [0.1, 0.15) is 18.1 Å². The predicted molar refractivity (Wildman–Crippen MR) is 88.8 cm³/mol. The summed E-state index contributed by atoms with van der Waals surface area (Å²) in [5, 5.41) is 3.85. The molecule has 0 bridgehead atoms. The summed E-state index contributed by atoms with van der Waals surface area (Å²) < 4.78 is 1.15. The van der Waals surface area contributed by atoms with Gasteiger partial charge in [-0.1, -0.05) is 12.1 Å². The Morgan fingerprint density at radius 2 is 1.86 bits per heavy atom. The van der Waals surface area contributed by atoms with E-state index in [0.29, 0.717) is 0 Å². The molecular weight excluding hydrogens is 280 g/mol. The molecule has 0 radical (unpaired) electrons. The van der Waals surface area contributed by atoms with Crippen molar-refractivity contribution in [2.75, 3.05) is 5.32 Å². The minimum atomic E-state index is -0.0689. The zero-order valence-electron chi connectivity index (χ0n) is 12.2.